The molecule has 0 heterocycles. The fourth-order valence-corrected chi connectivity index (χ4v) is 7.12. The number of thiol groups is 2. The molecule has 3 aromatic carbocycles. The fraction of sp³-hybridized carbons (Fsp3) is 0.0952. The molecule has 12 N–H and O–H groups in total. The molecule has 0 atom stereocenters. The Hall–Kier alpha value is -11.5. The lowest BCUT2D eigenvalue weighted by molar-refractivity contribution is -0.136. The van der Waals surface area contributed by atoms with Gasteiger partial charge in [-0.05, 0) is 0 Å². The summed E-state index contributed by atoms with van der Waals surface area (Å²) in [6, 6.07) is 0. The summed E-state index contributed by atoms with van der Waals surface area (Å²) in [5, 5.41) is 119. The van der Waals surface area contributed by atoms with Crippen molar-refractivity contribution in [3.8, 4) is 0 Å². The molecule has 39 heteroatoms. The summed E-state index contributed by atoms with van der Waals surface area (Å²) >= 11 is 6.92. The molecule has 0 bridgehead atoms. The Morgan fingerprint density at radius 2 is 0.395 bits per heavy atom. The van der Waals surface area contributed by atoms with Crippen LogP contribution in [-0.4, -0.2) is 205 Å². The van der Waals surface area contributed by atoms with E-state index >= 15 is 0 Å². The molecule has 0 aliphatic rings. The van der Waals surface area contributed by atoms with Crippen molar-refractivity contribution in [1.82, 2.24) is 0 Å². The molecule has 0 spiro atoms. The number of carboxylic acids is 11. The molecule has 0 radical (unpaired) electrons. The minimum atomic E-state index is -3.26. The number of carbonyl (C=O) groups is 20. The number of aliphatic hydroxyl groups excluding tert-OH is 1. The number of carboxylic acid groups (broad SMARTS) is 11. The standard InChI is InChI=1S/C42H22O37S2/c43-1-2-75-36(68)20-17(35(66)67)21(41(73)78-39(71)18-13(31(58)59)9(27(50)51)7(25(46)47)10(28(52)53)14(18)32(60)61)23(24(38(70)77-6(45)4-81)22(20)37(69)76-5(44)3-80)42(74)79-40(72)19-15(33(62)63)11(29(54)55)8(26(48)49)12(30(56)57)16(19)34(64)65/h43,80-81H,1-4H2,(H,46,47)(H,48,49)(H,50,51)(H,52,53)(H,54,55)(H,56,57)(H,58,59)(H,60,61)(H,62,63)(H,64,65)(H,66,67). The SMILES string of the molecule is O=C(CS)OC(=O)c1c(C(=O)OCCO)c(C(=O)O)c(C(=O)OC(=O)c2c(C(=O)O)c(C(=O)O)c(C(=O)O)c(C(=O)O)c2C(=O)O)c(C(=O)OC(=O)c2c(C(=O)O)c(C(=O)O)c(C(=O)O)c(C(=O)O)c2C(=O)O)c1C(=O)OC(=O)CS. The van der Waals surface area contributed by atoms with E-state index in [1.54, 1.807) is 0 Å². The third-order valence-electron chi connectivity index (χ3n) is 9.65. The molecular weight excluding hydrogens is 1160 g/mol. The van der Waals surface area contributed by atoms with Crippen LogP contribution in [0.25, 0.3) is 0 Å². The lowest BCUT2D eigenvalue weighted by Crippen LogP contribution is -2.34. The van der Waals surface area contributed by atoms with Crippen LogP contribution in [0.15, 0.2) is 0 Å². The lowest BCUT2D eigenvalue weighted by atomic mass is 9.85. The van der Waals surface area contributed by atoms with E-state index in [9.17, 15) is 157 Å². The van der Waals surface area contributed by atoms with Crippen molar-refractivity contribution in [2.45, 2.75) is 0 Å². The maximum absolute atomic E-state index is 14.7. The van der Waals surface area contributed by atoms with E-state index in [1.165, 1.54) is 0 Å². The maximum atomic E-state index is 14.7. The van der Waals surface area contributed by atoms with Crippen molar-refractivity contribution in [2.24, 2.45) is 0 Å². The second kappa shape index (κ2) is 25.1. The molecule has 3 aromatic rings. The third kappa shape index (κ3) is 12.4. The molecule has 0 saturated carbocycles. The van der Waals surface area contributed by atoms with Crippen LogP contribution < -0.4 is 0 Å². The van der Waals surface area contributed by atoms with Crippen molar-refractivity contribution >= 4 is 145 Å². The molecule has 0 unspecified atom stereocenters. The largest absolute Gasteiger partial charge is 0.478 e. The van der Waals surface area contributed by atoms with Crippen LogP contribution in [0.2, 0.25) is 0 Å². The molecule has 424 valence electrons. The molecule has 0 amide bonds. The molecule has 0 aromatic heterocycles. The minimum Gasteiger partial charge on any atom is -0.478 e. The van der Waals surface area contributed by atoms with Crippen molar-refractivity contribution in [3.05, 3.63) is 100 Å². The number of hydrogen-bond acceptors (Lipinski definition) is 28. The molecule has 81 heavy (non-hydrogen) atoms. The number of benzene rings is 3. The number of carbonyl (C=O) groups excluding carboxylic acids is 9. The van der Waals surface area contributed by atoms with Gasteiger partial charge in [0.2, 0.25) is 0 Å². The summed E-state index contributed by atoms with van der Waals surface area (Å²) in [5.74, 6) is -59.0. The highest BCUT2D eigenvalue weighted by Gasteiger charge is 2.48. The van der Waals surface area contributed by atoms with E-state index in [0.29, 0.717) is 0 Å². The molecule has 37 nitrogen and oxygen atoms in total. The summed E-state index contributed by atoms with van der Waals surface area (Å²) in [5.41, 5.74) is -43.9. The first-order chi connectivity index (χ1) is 37.5. The van der Waals surface area contributed by atoms with Gasteiger partial charge < -0.3 is 85.0 Å². The average molecular weight is 1180 g/mol. The number of hydrogen-bond donors (Lipinski definition) is 14. The summed E-state index contributed by atoms with van der Waals surface area (Å²) in [6.45, 7) is -2.70. The van der Waals surface area contributed by atoms with Gasteiger partial charge in [0.05, 0.1) is 118 Å². The normalized spacial score (nSPS) is 10.4. The van der Waals surface area contributed by atoms with Gasteiger partial charge in [0.25, 0.3) is 0 Å². The summed E-state index contributed by atoms with van der Waals surface area (Å²) < 4.78 is 22.0. The molecule has 3 rings (SSSR count). The Morgan fingerprint density at radius 3 is 0.580 bits per heavy atom. The predicted octanol–water partition coefficient (Wildman–Crippen LogP) is -1.26. The number of aliphatic hydroxyl groups is 1. The summed E-state index contributed by atoms with van der Waals surface area (Å²) in [4.78, 5) is 263. The first-order valence-electron chi connectivity index (χ1n) is 19.8. The van der Waals surface area contributed by atoms with Gasteiger partial charge in [-0.15, -0.1) is 0 Å². The van der Waals surface area contributed by atoms with Crippen molar-refractivity contribution in [2.75, 3.05) is 24.7 Å². The Balaban J connectivity index is 2.98. The highest BCUT2D eigenvalue weighted by Crippen LogP contribution is 2.37. The number of ether oxygens (including phenoxy) is 5. The van der Waals surface area contributed by atoms with E-state index in [2.05, 4.69) is 48.9 Å². The summed E-state index contributed by atoms with van der Waals surface area (Å²) in [6.07, 6.45) is 0. The topological polar surface area (TPSA) is 630 Å². The first kappa shape index (κ1) is 63.8. The molecule has 0 aliphatic carbocycles. The molecular formula is C42H22O37S2. The highest BCUT2D eigenvalue weighted by atomic mass is 32.1. The number of esters is 9. The Bertz CT molecular complexity index is 3450. The lowest BCUT2D eigenvalue weighted by Gasteiger charge is -2.22. The number of aromatic carboxylic acids is 11. The van der Waals surface area contributed by atoms with Crippen molar-refractivity contribution in [3.63, 3.8) is 0 Å². The summed E-state index contributed by atoms with van der Waals surface area (Å²) in [7, 11) is 0. The second-order valence-electron chi connectivity index (χ2n) is 14.2. The Labute approximate surface area is 449 Å². The van der Waals surface area contributed by atoms with Gasteiger partial charge in [0.15, 0.2) is 0 Å². The van der Waals surface area contributed by atoms with Crippen LogP contribution in [0.5, 0.6) is 0 Å². The van der Waals surface area contributed by atoms with Crippen LogP contribution in [-0.2, 0) is 33.3 Å². The van der Waals surface area contributed by atoms with Crippen molar-refractivity contribution in [1.29, 1.82) is 0 Å². The molecule has 0 fully saturated rings. The zero-order valence-corrected chi connectivity index (χ0v) is 40.1. The quantitative estimate of drug-likeness (QED) is 0.0242. The van der Waals surface area contributed by atoms with Crippen LogP contribution in [0.1, 0.15) is 186 Å². The smallest absolute Gasteiger partial charge is 0.347 e. The predicted molar refractivity (Wildman–Crippen MR) is 241 cm³/mol. The van der Waals surface area contributed by atoms with Crippen LogP contribution >= 0.6 is 25.3 Å². The highest BCUT2D eigenvalue weighted by molar-refractivity contribution is 7.81. The van der Waals surface area contributed by atoms with Crippen molar-refractivity contribution < 1.29 is 181 Å². The molecule has 0 saturated heterocycles. The molecule has 0 aliphatic heterocycles. The second-order valence-corrected chi connectivity index (χ2v) is 14.8. The first-order valence-corrected chi connectivity index (χ1v) is 21.1. The van der Waals surface area contributed by atoms with E-state index in [1.807, 2.05) is 0 Å². The monoisotopic (exact) mass is 1180 g/mol. The third-order valence-corrected chi connectivity index (χ3v) is 10.2. The fourth-order valence-electron chi connectivity index (χ4n) is 6.99. The van der Waals surface area contributed by atoms with Gasteiger partial charge >= 0.3 is 119 Å². The van der Waals surface area contributed by atoms with Crippen LogP contribution in [0, 0.1) is 0 Å². The van der Waals surface area contributed by atoms with Gasteiger partial charge in [-0.2, -0.15) is 25.3 Å². The van der Waals surface area contributed by atoms with Gasteiger partial charge in [-0.3, -0.25) is 9.59 Å². The minimum absolute atomic E-state index is 1.25. The Kier molecular flexibility index (Phi) is 19.8. The maximum Gasteiger partial charge on any atom is 0.347 e. The average Bonchev–Trinajstić information content (AvgIpc) is 3.57. The van der Waals surface area contributed by atoms with Gasteiger partial charge in [-0.25, -0.2) is 86.3 Å². The van der Waals surface area contributed by atoms with E-state index < -0.39 is 244 Å². The Morgan fingerprint density at radius 1 is 0.247 bits per heavy atom. The zero-order chi connectivity index (χ0) is 62.3. The van der Waals surface area contributed by atoms with Gasteiger partial charge in [-0.1, -0.05) is 0 Å². The van der Waals surface area contributed by atoms with Gasteiger partial charge in [0.1, 0.15) is 6.61 Å². The van der Waals surface area contributed by atoms with E-state index in [4.69, 9.17) is 0 Å². The van der Waals surface area contributed by atoms with E-state index in [0.717, 1.165) is 0 Å². The number of rotatable bonds is 22. The van der Waals surface area contributed by atoms with Gasteiger partial charge in [0, 0.05) is 0 Å². The van der Waals surface area contributed by atoms with E-state index in [-0.39, 0.29) is 0 Å². The zero-order valence-electron chi connectivity index (χ0n) is 38.3. The van der Waals surface area contributed by atoms with Crippen LogP contribution in [0.4, 0.5) is 0 Å². The van der Waals surface area contributed by atoms with Crippen LogP contribution in [0.3, 0.4) is 0 Å².